The fourth-order valence-corrected chi connectivity index (χ4v) is 6.73. The predicted molar refractivity (Wildman–Crippen MR) is 120 cm³/mol. The van der Waals surface area contributed by atoms with Crippen molar-refractivity contribution in [2.45, 2.75) is 64.0 Å². The van der Waals surface area contributed by atoms with Gasteiger partial charge in [0.25, 0.3) is 0 Å². The number of anilines is 1. The maximum Gasteiger partial charge on any atom is 0.409 e. The molecule has 5 heteroatoms. The summed E-state index contributed by atoms with van der Waals surface area (Å²) in [6.07, 6.45) is 8.96. The first-order valence-electron chi connectivity index (χ1n) is 12.1. The van der Waals surface area contributed by atoms with Gasteiger partial charge in [-0.05, 0) is 88.4 Å². The summed E-state index contributed by atoms with van der Waals surface area (Å²) in [4.78, 5) is 19.4. The summed E-state index contributed by atoms with van der Waals surface area (Å²) in [6, 6.07) is 12.5. The van der Waals surface area contributed by atoms with Crippen molar-refractivity contribution in [2.75, 3.05) is 44.2 Å². The molecule has 3 heterocycles. The van der Waals surface area contributed by atoms with Crippen molar-refractivity contribution in [1.29, 1.82) is 0 Å². The highest BCUT2D eigenvalue weighted by atomic mass is 16.6. The highest BCUT2D eigenvalue weighted by Crippen LogP contribution is 2.51. The molecule has 1 aliphatic carbocycles. The molecule has 4 fully saturated rings. The standard InChI is InChI=1S/C25H37N3O2/c1-2-30-24(29)27-16-12-25(19-27)17-22(18-25)26-14-10-20(11-15-26)23-9-6-13-28(23)21-7-4-3-5-8-21/h3-5,7-8,20,22-23H,2,6,9-19H2,1H3. The number of rotatable bonds is 4. The van der Waals surface area contributed by atoms with Crippen molar-refractivity contribution >= 4 is 11.8 Å². The molecule has 5 rings (SSSR count). The Hall–Kier alpha value is -1.75. The van der Waals surface area contributed by atoms with Gasteiger partial charge in [-0.2, -0.15) is 0 Å². The van der Waals surface area contributed by atoms with Gasteiger partial charge in [0.2, 0.25) is 0 Å². The Kier molecular flexibility index (Phi) is 5.65. The van der Waals surface area contributed by atoms with E-state index in [0.717, 1.165) is 37.5 Å². The Labute approximate surface area is 181 Å². The third kappa shape index (κ3) is 3.81. The molecule has 1 aromatic carbocycles. The largest absolute Gasteiger partial charge is 0.450 e. The Bertz CT molecular complexity index is 725. The molecule has 1 amide bonds. The summed E-state index contributed by atoms with van der Waals surface area (Å²) in [6.45, 7) is 7.88. The topological polar surface area (TPSA) is 36.0 Å². The predicted octanol–water partition coefficient (Wildman–Crippen LogP) is 4.38. The summed E-state index contributed by atoms with van der Waals surface area (Å²) >= 11 is 0. The summed E-state index contributed by atoms with van der Waals surface area (Å²) < 4.78 is 5.20. The molecule has 5 nitrogen and oxygen atoms in total. The summed E-state index contributed by atoms with van der Waals surface area (Å²) in [5, 5.41) is 0. The molecule has 1 spiro atoms. The van der Waals surface area contributed by atoms with E-state index in [1.54, 1.807) is 0 Å². The van der Waals surface area contributed by atoms with E-state index in [4.69, 9.17) is 4.74 Å². The maximum atomic E-state index is 12.0. The Morgan fingerprint density at radius 3 is 2.57 bits per heavy atom. The van der Waals surface area contributed by atoms with Gasteiger partial charge in [0.15, 0.2) is 0 Å². The lowest BCUT2D eigenvalue weighted by molar-refractivity contribution is -0.0109. The van der Waals surface area contributed by atoms with Crippen LogP contribution < -0.4 is 4.90 Å². The number of ether oxygens (including phenoxy) is 1. The Balaban J connectivity index is 1.11. The van der Waals surface area contributed by atoms with E-state index in [1.807, 2.05) is 11.8 Å². The maximum absolute atomic E-state index is 12.0. The van der Waals surface area contributed by atoms with Crippen LogP contribution in [-0.4, -0.2) is 67.3 Å². The van der Waals surface area contributed by atoms with E-state index in [-0.39, 0.29) is 6.09 Å². The molecule has 30 heavy (non-hydrogen) atoms. The number of nitrogens with zero attached hydrogens (tertiary/aromatic N) is 3. The number of hydrogen-bond donors (Lipinski definition) is 0. The first kappa shape index (κ1) is 20.2. The second-order valence-electron chi connectivity index (χ2n) is 10.0. The Morgan fingerprint density at radius 2 is 1.83 bits per heavy atom. The van der Waals surface area contributed by atoms with Crippen LogP contribution in [0.15, 0.2) is 30.3 Å². The van der Waals surface area contributed by atoms with Crippen LogP contribution in [-0.2, 0) is 4.74 Å². The number of carbonyl (C=O) groups is 1. The zero-order chi connectivity index (χ0) is 20.6. The molecular formula is C25H37N3O2. The molecule has 0 radical (unpaired) electrons. The average molecular weight is 412 g/mol. The molecule has 3 saturated heterocycles. The molecule has 0 bridgehead atoms. The first-order valence-corrected chi connectivity index (χ1v) is 12.1. The zero-order valence-corrected chi connectivity index (χ0v) is 18.5. The van der Waals surface area contributed by atoms with Crippen LogP contribution in [0, 0.1) is 11.3 Å². The molecule has 1 atom stereocenters. The first-order chi connectivity index (χ1) is 14.7. The highest BCUT2D eigenvalue weighted by Gasteiger charge is 2.51. The van der Waals surface area contributed by atoms with Gasteiger partial charge in [0, 0.05) is 37.4 Å². The SMILES string of the molecule is CCOC(=O)N1CCC2(CC(N3CCC(C4CCCN4c4ccccc4)CC3)C2)C1. The number of hydrogen-bond acceptors (Lipinski definition) is 4. The van der Waals surface area contributed by atoms with E-state index in [1.165, 1.54) is 63.8 Å². The number of benzene rings is 1. The smallest absolute Gasteiger partial charge is 0.409 e. The molecule has 1 unspecified atom stereocenters. The van der Waals surface area contributed by atoms with Crippen LogP contribution in [0.1, 0.15) is 51.9 Å². The lowest BCUT2D eigenvalue weighted by Crippen LogP contribution is -2.55. The van der Waals surface area contributed by atoms with Crippen LogP contribution in [0.4, 0.5) is 10.5 Å². The minimum atomic E-state index is -0.113. The van der Waals surface area contributed by atoms with E-state index >= 15 is 0 Å². The van der Waals surface area contributed by atoms with E-state index in [2.05, 4.69) is 40.1 Å². The van der Waals surface area contributed by atoms with Crippen LogP contribution in [0.3, 0.4) is 0 Å². The molecule has 1 aromatic rings. The van der Waals surface area contributed by atoms with Crippen molar-refractivity contribution < 1.29 is 9.53 Å². The molecule has 3 aliphatic heterocycles. The summed E-state index contributed by atoms with van der Waals surface area (Å²) in [5.74, 6) is 0.837. The fourth-order valence-electron chi connectivity index (χ4n) is 6.73. The third-order valence-electron chi connectivity index (χ3n) is 8.32. The van der Waals surface area contributed by atoms with E-state index in [9.17, 15) is 4.79 Å². The lowest BCUT2D eigenvalue weighted by atomic mass is 9.64. The quantitative estimate of drug-likeness (QED) is 0.737. The Morgan fingerprint density at radius 1 is 1.07 bits per heavy atom. The van der Waals surface area contributed by atoms with Gasteiger partial charge in [-0.15, -0.1) is 0 Å². The van der Waals surface area contributed by atoms with Crippen LogP contribution in [0.5, 0.6) is 0 Å². The molecule has 0 aromatic heterocycles. The summed E-state index contributed by atoms with van der Waals surface area (Å²) in [5.41, 5.74) is 1.79. The molecule has 1 saturated carbocycles. The highest BCUT2D eigenvalue weighted by molar-refractivity contribution is 5.68. The van der Waals surface area contributed by atoms with Crippen molar-refractivity contribution in [3.8, 4) is 0 Å². The number of carbonyl (C=O) groups excluding carboxylic acids is 1. The van der Waals surface area contributed by atoms with Gasteiger partial charge in [-0.3, -0.25) is 0 Å². The van der Waals surface area contributed by atoms with Gasteiger partial charge >= 0.3 is 6.09 Å². The number of para-hydroxylation sites is 1. The zero-order valence-electron chi connectivity index (χ0n) is 18.5. The molecule has 4 aliphatic rings. The van der Waals surface area contributed by atoms with Crippen LogP contribution >= 0.6 is 0 Å². The fraction of sp³-hybridized carbons (Fsp3) is 0.720. The monoisotopic (exact) mass is 411 g/mol. The van der Waals surface area contributed by atoms with Gasteiger partial charge in [-0.1, -0.05) is 18.2 Å². The van der Waals surface area contributed by atoms with Crippen LogP contribution in [0.2, 0.25) is 0 Å². The third-order valence-corrected chi connectivity index (χ3v) is 8.32. The van der Waals surface area contributed by atoms with Crippen molar-refractivity contribution in [3.05, 3.63) is 30.3 Å². The lowest BCUT2D eigenvalue weighted by Gasteiger charge is -2.52. The number of likely N-dealkylation sites (tertiary alicyclic amines) is 2. The van der Waals surface area contributed by atoms with Crippen molar-refractivity contribution in [2.24, 2.45) is 11.3 Å². The average Bonchev–Trinajstić information content (AvgIpc) is 3.42. The molecule has 164 valence electrons. The number of amides is 1. The number of piperidine rings is 1. The minimum Gasteiger partial charge on any atom is -0.450 e. The van der Waals surface area contributed by atoms with E-state index in [0.29, 0.717) is 12.0 Å². The van der Waals surface area contributed by atoms with E-state index < -0.39 is 0 Å². The molecular weight excluding hydrogens is 374 g/mol. The summed E-state index contributed by atoms with van der Waals surface area (Å²) in [7, 11) is 0. The van der Waals surface area contributed by atoms with Gasteiger partial charge < -0.3 is 19.4 Å². The van der Waals surface area contributed by atoms with Gasteiger partial charge in [0.1, 0.15) is 0 Å². The second-order valence-corrected chi connectivity index (χ2v) is 10.0. The molecule has 0 N–H and O–H groups in total. The van der Waals surface area contributed by atoms with Gasteiger partial charge in [-0.25, -0.2) is 4.79 Å². The second kappa shape index (κ2) is 8.41. The van der Waals surface area contributed by atoms with Gasteiger partial charge in [0.05, 0.1) is 6.61 Å². The van der Waals surface area contributed by atoms with Crippen molar-refractivity contribution in [1.82, 2.24) is 9.80 Å². The minimum absolute atomic E-state index is 0.113. The normalized spacial score (nSPS) is 32.6. The van der Waals surface area contributed by atoms with Crippen LogP contribution in [0.25, 0.3) is 0 Å². The van der Waals surface area contributed by atoms with Crippen molar-refractivity contribution in [3.63, 3.8) is 0 Å².